The summed E-state index contributed by atoms with van der Waals surface area (Å²) in [5.74, 6) is -0.437. The second-order valence-corrected chi connectivity index (χ2v) is 7.36. The van der Waals surface area contributed by atoms with Crippen LogP contribution in [0.2, 0.25) is 0 Å². The van der Waals surface area contributed by atoms with Gasteiger partial charge in [-0.3, -0.25) is 0 Å². The maximum atomic E-state index is 12.5. The number of fused-ring (bicyclic) bond motifs is 3. The van der Waals surface area contributed by atoms with Gasteiger partial charge in [0.15, 0.2) is 0 Å². The van der Waals surface area contributed by atoms with Crippen molar-refractivity contribution in [2.45, 2.75) is 5.51 Å². The second-order valence-electron chi connectivity index (χ2n) is 5.82. The summed E-state index contributed by atoms with van der Waals surface area (Å²) in [7, 11) is -5.74. The summed E-state index contributed by atoms with van der Waals surface area (Å²) in [6, 6.07) is 18.7. The number of hydrogen-bond acceptors (Lipinski definition) is 4. The van der Waals surface area contributed by atoms with Gasteiger partial charge >= 0.3 is 15.6 Å². The van der Waals surface area contributed by atoms with Crippen molar-refractivity contribution < 1.29 is 30.2 Å². The van der Waals surface area contributed by atoms with Crippen molar-refractivity contribution in [2.75, 3.05) is 0 Å². The minimum absolute atomic E-state index is 0.409. The van der Waals surface area contributed by atoms with E-state index in [1.807, 2.05) is 42.5 Å². The molecular formula is C19H11F3O4S. The first-order valence-electron chi connectivity index (χ1n) is 7.77. The van der Waals surface area contributed by atoms with Crippen molar-refractivity contribution in [3.63, 3.8) is 0 Å². The molecule has 0 unspecified atom stereocenters. The van der Waals surface area contributed by atoms with Crippen molar-refractivity contribution in [2.24, 2.45) is 0 Å². The van der Waals surface area contributed by atoms with Crippen LogP contribution in [0.1, 0.15) is 0 Å². The van der Waals surface area contributed by atoms with E-state index in [4.69, 9.17) is 4.42 Å². The Kier molecular flexibility index (Phi) is 3.88. The fourth-order valence-electron chi connectivity index (χ4n) is 2.79. The van der Waals surface area contributed by atoms with Crippen LogP contribution >= 0.6 is 0 Å². The molecule has 0 spiro atoms. The van der Waals surface area contributed by atoms with Crippen molar-refractivity contribution in [1.82, 2.24) is 0 Å². The van der Waals surface area contributed by atoms with E-state index >= 15 is 0 Å². The second kappa shape index (κ2) is 6.02. The highest BCUT2D eigenvalue weighted by molar-refractivity contribution is 7.88. The largest absolute Gasteiger partial charge is 0.534 e. The Morgan fingerprint density at radius 1 is 0.778 bits per heavy atom. The summed E-state index contributed by atoms with van der Waals surface area (Å²) in [5.41, 5.74) is -2.71. The minimum atomic E-state index is -5.74. The average Bonchev–Trinajstić information content (AvgIpc) is 2.98. The molecule has 4 nitrogen and oxygen atoms in total. The fraction of sp³-hybridized carbons (Fsp3) is 0.0526. The van der Waals surface area contributed by atoms with E-state index in [9.17, 15) is 21.6 Å². The van der Waals surface area contributed by atoms with Gasteiger partial charge in [-0.15, -0.1) is 0 Å². The number of halogens is 3. The highest BCUT2D eigenvalue weighted by Crippen LogP contribution is 2.35. The maximum absolute atomic E-state index is 12.5. The van der Waals surface area contributed by atoms with Gasteiger partial charge in [0.2, 0.25) is 0 Å². The van der Waals surface area contributed by atoms with E-state index in [2.05, 4.69) is 4.18 Å². The number of hydrogen-bond donors (Lipinski definition) is 0. The SMILES string of the molecule is O=S(=O)(Oc1ccc2oc3ccc(-c4ccccc4)cc3c2c1)C(F)(F)F. The molecule has 0 bridgehead atoms. The zero-order valence-electron chi connectivity index (χ0n) is 13.5. The molecule has 0 aliphatic carbocycles. The van der Waals surface area contributed by atoms with Gasteiger partial charge in [0, 0.05) is 10.8 Å². The van der Waals surface area contributed by atoms with E-state index in [1.54, 1.807) is 6.07 Å². The molecule has 0 aliphatic rings. The predicted octanol–water partition coefficient (Wildman–Crippen LogP) is 5.48. The van der Waals surface area contributed by atoms with Gasteiger partial charge in [-0.25, -0.2) is 0 Å². The summed E-state index contributed by atoms with van der Waals surface area (Å²) in [4.78, 5) is 0. The Morgan fingerprint density at radius 2 is 1.41 bits per heavy atom. The third-order valence-corrected chi connectivity index (χ3v) is 5.02. The Balaban J connectivity index is 1.84. The van der Waals surface area contributed by atoms with Gasteiger partial charge in [-0.2, -0.15) is 21.6 Å². The average molecular weight is 392 g/mol. The lowest BCUT2D eigenvalue weighted by Gasteiger charge is -2.09. The lowest BCUT2D eigenvalue weighted by molar-refractivity contribution is -0.0500. The third-order valence-electron chi connectivity index (χ3n) is 4.04. The van der Waals surface area contributed by atoms with E-state index in [0.29, 0.717) is 21.9 Å². The van der Waals surface area contributed by atoms with Crippen molar-refractivity contribution in [1.29, 1.82) is 0 Å². The molecule has 0 saturated carbocycles. The molecule has 0 amide bonds. The first-order chi connectivity index (χ1) is 12.7. The molecule has 0 fully saturated rings. The predicted molar refractivity (Wildman–Crippen MR) is 94.8 cm³/mol. The van der Waals surface area contributed by atoms with Crippen molar-refractivity contribution in [3.05, 3.63) is 66.7 Å². The maximum Gasteiger partial charge on any atom is 0.534 e. The third kappa shape index (κ3) is 3.12. The molecule has 138 valence electrons. The number of rotatable bonds is 3. The smallest absolute Gasteiger partial charge is 0.456 e. The topological polar surface area (TPSA) is 56.5 Å². The molecule has 3 aromatic carbocycles. The van der Waals surface area contributed by atoms with Gasteiger partial charge in [0.05, 0.1) is 0 Å². The molecule has 0 aliphatic heterocycles. The van der Waals surface area contributed by atoms with Gasteiger partial charge in [0.1, 0.15) is 16.9 Å². The number of furan rings is 1. The normalized spacial score (nSPS) is 12.6. The van der Waals surface area contributed by atoms with Gasteiger partial charge in [0.25, 0.3) is 0 Å². The number of alkyl halides is 3. The Bertz CT molecular complexity index is 1240. The van der Waals surface area contributed by atoms with E-state index in [0.717, 1.165) is 17.2 Å². The van der Waals surface area contributed by atoms with Crippen LogP contribution in [-0.4, -0.2) is 13.9 Å². The van der Waals surface area contributed by atoms with E-state index in [1.165, 1.54) is 12.1 Å². The lowest BCUT2D eigenvalue weighted by atomic mass is 10.0. The summed E-state index contributed by atoms with van der Waals surface area (Å²) in [6.07, 6.45) is 0. The molecule has 4 rings (SSSR count). The van der Waals surface area contributed by atoms with Crippen LogP contribution in [0.15, 0.2) is 71.1 Å². The standard InChI is InChI=1S/C19H11F3O4S/c20-19(21,22)27(23,24)26-14-7-9-18-16(11-14)15-10-13(6-8-17(15)25-18)12-4-2-1-3-5-12/h1-11H. The Morgan fingerprint density at radius 3 is 2.07 bits per heavy atom. The lowest BCUT2D eigenvalue weighted by Crippen LogP contribution is -2.28. The molecule has 0 atom stereocenters. The molecule has 4 aromatic rings. The van der Waals surface area contributed by atoms with Crippen LogP contribution in [0.25, 0.3) is 33.1 Å². The molecule has 27 heavy (non-hydrogen) atoms. The van der Waals surface area contributed by atoms with Crippen LogP contribution < -0.4 is 4.18 Å². The zero-order valence-corrected chi connectivity index (χ0v) is 14.3. The molecule has 0 saturated heterocycles. The van der Waals surface area contributed by atoms with Crippen LogP contribution in [-0.2, 0) is 10.1 Å². The highest BCUT2D eigenvalue weighted by atomic mass is 32.2. The Hall–Kier alpha value is -3.00. The first kappa shape index (κ1) is 17.4. The van der Waals surface area contributed by atoms with Crippen molar-refractivity contribution in [3.8, 4) is 16.9 Å². The molecule has 0 N–H and O–H groups in total. The minimum Gasteiger partial charge on any atom is -0.456 e. The monoisotopic (exact) mass is 392 g/mol. The van der Waals surface area contributed by atoms with Crippen LogP contribution in [0.5, 0.6) is 5.75 Å². The van der Waals surface area contributed by atoms with Gasteiger partial charge in [-0.05, 0) is 41.5 Å². The highest BCUT2D eigenvalue weighted by Gasteiger charge is 2.48. The van der Waals surface area contributed by atoms with E-state index < -0.39 is 21.4 Å². The summed E-state index contributed by atoms with van der Waals surface area (Å²) in [6.45, 7) is 0. The van der Waals surface area contributed by atoms with Crippen LogP contribution in [0.4, 0.5) is 13.2 Å². The Labute approximate surface area is 151 Å². The van der Waals surface area contributed by atoms with Gasteiger partial charge in [-0.1, -0.05) is 36.4 Å². The van der Waals surface area contributed by atoms with E-state index in [-0.39, 0.29) is 0 Å². The van der Waals surface area contributed by atoms with Crippen LogP contribution in [0, 0.1) is 0 Å². The summed E-state index contributed by atoms with van der Waals surface area (Å²) in [5, 5.41) is 1.10. The molecule has 1 aromatic heterocycles. The van der Waals surface area contributed by atoms with Crippen LogP contribution in [0.3, 0.4) is 0 Å². The first-order valence-corrected chi connectivity index (χ1v) is 9.18. The fourth-order valence-corrected chi connectivity index (χ4v) is 3.24. The molecular weight excluding hydrogens is 381 g/mol. The molecule has 8 heteroatoms. The zero-order chi connectivity index (χ0) is 19.2. The molecule has 0 radical (unpaired) electrons. The van der Waals surface area contributed by atoms with Gasteiger partial charge < -0.3 is 8.60 Å². The summed E-state index contributed by atoms with van der Waals surface area (Å²) >= 11 is 0. The quantitative estimate of drug-likeness (QED) is 0.342. The number of benzene rings is 3. The van der Waals surface area contributed by atoms with Crippen molar-refractivity contribution >= 4 is 32.1 Å². The summed E-state index contributed by atoms with van der Waals surface area (Å²) < 4.78 is 69.9. The molecule has 1 heterocycles.